The van der Waals surface area contributed by atoms with Crippen LogP contribution in [-0.4, -0.2) is 40.1 Å². The highest BCUT2D eigenvalue weighted by atomic mass is 16.2. The van der Waals surface area contributed by atoms with Crippen LogP contribution in [0.3, 0.4) is 0 Å². The molecule has 1 amide bonds. The Morgan fingerprint density at radius 3 is 2.37 bits per heavy atom. The fraction of sp³-hybridized carbons (Fsp3) is 0.348. The maximum Gasteiger partial charge on any atom is 0.316 e. The Morgan fingerprint density at radius 2 is 1.63 bits per heavy atom. The molecule has 0 saturated heterocycles. The molecule has 0 aliphatic heterocycles. The van der Waals surface area contributed by atoms with Gasteiger partial charge in [0.2, 0.25) is 5.91 Å². The molecule has 0 bridgehead atoms. The van der Waals surface area contributed by atoms with Gasteiger partial charge in [0.15, 0.2) is 0 Å². The van der Waals surface area contributed by atoms with Gasteiger partial charge in [-0.1, -0.05) is 42.5 Å². The van der Waals surface area contributed by atoms with E-state index >= 15 is 0 Å². The van der Waals surface area contributed by atoms with E-state index in [1.165, 1.54) is 14.7 Å². The molecule has 0 saturated carbocycles. The van der Waals surface area contributed by atoms with E-state index in [1.54, 1.807) is 19.2 Å². The molecule has 0 unspecified atom stereocenters. The Hall–Kier alpha value is -3.19. The summed E-state index contributed by atoms with van der Waals surface area (Å²) in [5.74, 6) is -0.127. The third-order valence-corrected chi connectivity index (χ3v) is 5.16. The highest BCUT2D eigenvalue weighted by molar-refractivity contribution is 5.77. The van der Waals surface area contributed by atoms with Gasteiger partial charge in [-0.25, -0.2) is 0 Å². The maximum atomic E-state index is 12.4. The Morgan fingerprint density at radius 1 is 0.967 bits per heavy atom. The molecule has 2 aromatic carbocycles. The molecule has 0 aliphatic rings. The van der Waals surface area contributed by atoms with Crippen molar-refractivity contribution in [2.45, 2.75) is 25.9 Å². The third kappa shape index (κ3) is 5.24. The van der Waals surface area contributed by atoms with Gasteiger partial charge in [-0.15, -0.1) is 0 Å². The summed E-state index contributed by atoms with van der Waals surface area (Å²) in [6.45, 7) is 2.49. The van der Waals surface area contributed by atoms with Gasteiger partial charge < -0.3 is 19.4 Å². The summed E-state index contributed by atoms with van der Waals surface area (Å²) < 4.78 is 2.74. The number of nitrogens with zero attached hydrogens (tertiary/aromatic N) is 3. The Balaban J connectivity index is 1.49. The molecule has 0 aliphatic carbocycles. The van der Waals surface area contributed by atoms with Gasteiger partial charge in [0.25, 0.3) is 0 Å². The number of hydrogen-bond donors (Lipinski definition) is 1. The van der Waals surface area contributed by atoms with Crippen LogP contribution in [0.25, 0.3) is 11.0 Å². The van der Waals surface area contributed by atoms with E-state index in [4.69, 9.17) is 0 Å². The second-order valence-corrected chi connectivity index (χ2v) is 7.49. The van der Waals surface area contributed by atoms with Crippen molar-refractivity contribution in [1.29, 1.82) is 0 Å². The molecule has 30 heavy (non-hydrogen) atoms. The lowest BCUT2D eigenvalue weighted by Crippen LogP contribution is -2.41. The predicted molar refractivity (Wildman–Crippen MR) is 118 cm³/mol. The lowest BCUT2D eigenvalue weighted by atomic mass is 10.2. The van der Waals surface area contributed by atoms with E-state index in [1.807, 2.05) is 30.3 Å². The van der Waals surface area contributed by atoms with Gasteiger partial charge in [-0.2, -0.15) is 0 Å². The SMILES string of the molecule is CN(CCCNC(=O)CCn1c(=O)c(=O)n(C)c2ccccc21)Cc1ccccc1. The second kappa shape index (κ2) is 10.0. The largest absolute Gasteiger partial charge is 0.356 e. The van der Waals surface area contributed by atoms with Gasteiger partial charge in [-0.05, 0) is 37.7 Å². The average molecular weight is 409 g/mol. The van der Waals surface area contributed by atoms with E-state index in [0.717, 1.165) is 19.5 Å². The Labute approximate surface area is 175 Å². The van der Waals surface area contributed by atoms with E-state index in [9.17, 15) is 14.4 Å². The number of hydrogen-bond acceptors (Lipinski definition) is 4. The van der Waals surface area contributed by atoms with Crippen LogP contribution in [-0.2, 0) is 24.9 Å². The summed E-state index contributed by atoms with van der Waals surface area (Å²) in [4.78, 5) is 39.0. The average Bonchev–Trinajstić information content (AvgIpc) is 2.76. The molecular formula is C23H28N4O3. The number of benzene rings is 2. The van der Waals surface area contributed by atoms with Crippen molar-refractivity contribution in [3.63, 3.8) is 0 Å². The van der Waals surface area contributed by atoms with E-state index in [2.05, 4.69) is 29.4 Å². The first kappa shape index (κ1) is 21.5. The van der Waals surface area contributed by atoms with Crippen molar-refractivity contribution < 1.29 is 4.79 Å². The van der Waals surface area contributed by atoms with E-state index in [-0.39, 0.29) is 18.9 Å². The zero-order valence-electron chi connectivity index (χ0n) is 17.5. The number of carbonyl (C=O) groups excluding carboxylic acids is 1. The number of amides is 1. The minimum atomic E-state index is -0.605. The third-order valence-electron chi connectivity index (χ3n) is 5.16. The summed E-state index contributed by atoms with van der Waals surface area (Å²) in [5.41, 5.74) is 1.39. The van der Waals surface area contributed by atoms with Gasteiger partial charge in [-0.3, -0.25) is 14.4 Å². The first-order valence-electron chi connectivity index (χ1n) is 10.1. The minimum absolute atomic E-state index is 0.127. The summed E-state index contributed by atoms with van der Waals surface area (Å²) in [6, 6.07) is 17.5. The smallest absolute Gasteiger partial charge is 0.316 e. The minimum Gasteiger partial charge on any atom is -0.356 e. The monoisotopic (exact) mass is 408 g/mol. The van der Waals surface area contributed by atoms with Crippen LogP contribution in [0.4, 0.5) is 0 Å². The van der Waals surface area contributed by atoms with Crippen LogP contribution in [0.1, 0.15) is 18.4 Å². The first-order chi connectivity index (χ1) is 14.5. The van der Waals surface area contributed by atoms with Crippen molar-refractivity contribution in [2.75, 3.05) is 20.1 Å². The Bertz CT molecular complexity index is 1120. The molecule has 0 spiro atoms. The van der Waals surface area contributed by atoms with Crippen LogP contribution in [0.15, 0.2) is 64.2 Å². The number of fused-ring (bicyclic) bond motifs is 1. The van der Waals surface area contributed by atoms with Crippen molar-refractivity contribution in [2.24, 2.45) is 7.05 Å². The van der Waals surface area contributed by atoms with Gasteiger partial charge >= 0.3 is 11.1 Å². The highest BCUT2D eigenvalue weighted by Gasteiger charge is 2.11. The van der Waals surface area contributed by atoms with Gasteiger partial charge in [0.1, 0.15) is 0 Å². The fourth-order valence-corrected chi connectivity index (χ4v) is 3.53. The summed E-state index contributed by atoms with van der Waals surface area (Å²) >= 11 is 0. The van der Waals surface area contributed by atoms with Crippen molar-refractivity contribution in [3.8, 4) is 0 Å². The van der Waals surface area contributed by atoms with E-state index < -0.39 is 11.1 Å². The molecule has 3 aromatic rings. The molecule has 0 radical (unpaired) electrons. The van der Waals surface area contributed by atoms with Crippen molar-refractivity contribution in [1.82, 2.24) is 19.4 Å². The van der Waals surface area contributed by atoms with Crippen LogP contribution in [0.5, 0.6) is 0 Å². The predicted octanol–water partition coefficient (Wildman–Crippen LogP) is 1.73. The van der Waals surface area contributed by atoms with E-state index in [0.29, 0.717) is 17.6 Å². The van der Waals surface area contributed by atoms with Crippen LogP contribution in [0, 0.1) is 0 Å². The highest BCUT2D eigenvalue weighted by Crippen LogP contribution is 2.09. The lowest BCUT2D eigenvalue weighted by Gasteiger charge is -2.17. The number of aromatic nitrogens is 2. The summed E-state index contributed by atoms with van der Waals surface area (Å²) in [6.07, 6.45) is 0.987. The topological polar surface area (TPSA) is 76.3 Å². The summed E-state index contributed by atoms with van der Waals surface area (Å²) in [7, 11) is 3.64. The number of para-hydroxylation sites is 2. The molecule has 0 atom stereocenters. The number of aryl methyl sites for hydroxylation is 2. The molecule has 1 heterocycles. The molecule has 1 aromatic heterocycles. The first-order valence-corrected chi connectivity index (χ1v) is 10.1. The fourth-order valence-electron chi connectivity index (χ4n) is 3.53. The van der Waals surface area contributed by atoms with Crippen LogP contribution in [0.2, 0.25) is 0 Å². The standard InChI is InChI=1S/C23H28N4O3/c1-25(17-18-9-4-3-5-10-18)15-8-14-24-21(28)13-16-27-20-12-7-6-11-19(20)26(2)22(29)23(27)30/h3-7,9-12H,8,13-17H2,1-2H3,(H,24,28). The maximum absolute atomic E-state index is 12.4. The number of nitrogens with one attached hydrogen (secondary N) is 1. The number of carbonyl (C=O) groups is 1. The normalized spacial score (nSPS) is 11.2. The lowest BCUT2D eigenvalue weighted by molar-refractivity contribution is -0.121. The second-order valence-electron chi connectivity index (χ2n) is 7.49. The molecule has 7 nitrogen and oxygen atoms in total. The molecule has 7 heteroatoms. The zero-order valence-corrected chi connectivity index (χ0v) is 17.5. The quantitative estimate of drug-likeness (QED) is 0.432. The molecule has 0 fully saturated rings. The zero-order chi connectivity index (χ0) is 21.5. The molecule has 1 N–H and O–H groups in total. The van der Waals surface area contributed by atoms with Crippen LogP contribution < -0.4 is 16.4 Å². The molecule has 3 rings (SSSR count). The van der Waals surface area contributed by atoms with Crippen molar-refractivity contribution >= 4 is 16.9 Å². The Kier molecular flexibility index (Phi) is 7.19. The van der Waals surface area contributed by atoms with Gasteiger partial charge in [0, 0.05) is 33.1 Å². The number of rotatable bonds is 9. The van der Waals surface area contributed by atoms with Gasteiger partial charge in [0.05, 0.1) is 11.0 Å². The molecule has 158 valence electrons. The van der Waals surface area contributed by atoms with Crippen LogP contribution >= 0.6 is 0 Å². The summed E-state index contributed by atoms with van der Waals surface area (Å²) in [5, 5.41) is 2.90. The molecular weight excluding hydrogens is 380 g/mol. The van der Waals surface area contributed by atoms with Crippen molar-refractivity contribution in [3.05, 3.63) is 80.9 Å².